The molecule has 0 aromatic rings. The molecule has 17 heavy (non-hydrogen) atoms. The lowest BCUT2D eigenvalue weighted by atomic mass is 10.1. The molecular formula is C16H30O. The second-order valence-electron chi connectivity index (χ2n) is 5.27. The molecule has 1 atom stereocenters. The third-order valence-corrected chi connectivity index (χ3v) is 3.42. The molecular weight excluding hydrogens is 208 g/mol. The Morgan fingerprint density at radius 3 is 2.12 bits per heavy atom. The quantitative estimate of drug-likeness (QED) is 0.257. The van der Waals surface area contributed by atoms with Gasteiger partial charge in [0.2, 0.25) is 0 Å². The molecule has 0 saturated carbocycles. The van der Waals surface area contributed by atoms with E-state index in [4.69, 9.17) is 4.74 Å². The minimum Gasteiger partial charge on any atom is -0.373 e. The third kappa shape index (κ3) is 10.6. The summed E-state index contributed by atoms with van der Waals surface area (Å²) in [6.45, 7) is 3.27. The normalized spacial score (nSPS) is 19.0. The van der Waals surface area contributed by atoms with Crippen molar-refractivity contribution in [3.63, 3.8) is 0 Å². The summed E-state index contributed by atoms with van der Waals surface area (Å²) >= 11 is 0. The van der Waals surface area contributed by atoms with Crippen molar-refractivity contribution in [3.05, 3.63) is 12.2 Å². The molecule has 1 heterocycles. The maximum Gasteiger partial charge on any atom is 0.0810 e. The Bertz CT molecular complexity index is 182. The zero-order chi connectivity index (χ0) is 12.2. The predicted octanol–water partition coefficient (Wildman–Crippen LogP) is 5.25. The van der Waals surface area contributed by atoms with Crippen LogP contribution in [0.25, 0.3) is 0 Å². The van der Waals surface area contributed by atoms with Gasteiger partial charge >= 0.3 is 0 Å². The number of hydrogen-bond acceptors (Lipinski definition) is 1. The van der Waals surface area contributed by atoms with Crippen molar-refractivity contribution in [1.82, 2.24) is 0 Å². The lowest BCUT2D eigenvalue weighted by Gasteiger charge is -2.00. The van der Waals surface area contributed by atoms with Gasteiger partial charge in [0.25, 0.3) is 0 Å². The van der Waals surface area contributed by atoms with E-state index in [1.165, 1.54) is 70.6 Å². The highest BCUT2D eigenvalue weighted by atomic mass is 16.6. The summed E-state index contributed by atoms with van der Waals surface area (Å²) in [4.78, 5) is 0. The van der Waals surface area contributed by atoms with Crippen LogP contribution < -0.4 is 0 Å². The number of epoxide rings is 1. The highest BCUT2D eigenvalue weighted by Gasteiger charge is 2.20. The number of hydrogen-bond donors (Lipinski definition) is 0. The number of rotatable bonds is 12. The summed E-state index contributed by atoms with van der Waals surface area (Å²) in [6, 6.07) is 0. The van der Waals surface area contributed by atoms with E-state index in [1.54, 1.807) is 0 Å². The van der Waals surface area contributed by atoms with Crippen LogP contribution in [0.15, 0.2) is 12.2 Å². The lowest BCUT2D eigenvalue weighted by Crippen LogP contribution is -1.86. The first kappa shape index (κ1) is 14.8. The van der Waals surface area contributed by atoms with E-state index in [1.807, 2.05) is 0 Å². The first-order valence-corrected chi connectivity index (χ1v) is 7.70. The van der Waals surface area contributed by atoms with E-state index in [2.05, 4.69) is 19.1 Å². The van der Waals surface area contributed by atoms with Crippen molar-refractivity contribution in [1.29, 1.82) is 0 Å². The average Bonchev–Trinajstić information content (AvgIpc) is 3.15. The molecule has 1 nitrogen and oxygen atoms in total. The van der Waals surface area contributed by atoms with Gasteiger partial charge in [0.05, 0.1) is 12.7 Å². The molecule has 1 aliphatic rings. The van der Waals surface area contributed by atoms with Crippen LogP contribution in [0, 0.1) is 0 Å². The summed E-state index contributed by atoms with van der Waals surface area (Å²) in [5.74, 6) is 0. The van der Waals surface area contributed by atoms with Gasteiger partial charge in [0, 0.05) is 0 Å². The highest BCUT2D eigenvalue weighted by Crippen LogP contribution is 2.18. The highest BCUT2D eigenvalue weighted by molar-refractivity contribution is 4.80. The van der Waals surface area contributed by atoms with Crippen molar-refractivity contribution in [2.24, 2.45) is 0 Å². The fourth-order valence-electron chi connectivity index (χ4n) is 2.16. The van der Waals surface area contributed by atoms with Gasteiger partial charge in [-0.15, -0.1) is 0 Å². The molecule has 0 amide bonds. The molecule has 1 aliphatic heterocycles. The van der Waals surface area contributed by atoms with Crippen molar-refractivity contribution in [2.75, 3.05) is 6.61 Å². The Morgan fingerprint density at radius 2 is 1.47 bits per heavy atom. The first-order valence-electron chi connectivity index (χ1n) is 7.70. The molecule has 100 valence electrons. The predicted molar refractivity (Wildman–Crippen MR) is 75.3 cm³/mol. The van der Waals surface area contributed by atoms with Gasteiger partial charge in [-0.2, -0.15) is 0 Å². The van der Waals surface area contributed by atoms with Crippen molar-refractivity contribution in [2.45, 2.75) is 83.7 Å². The summed E-state index contributed by atoms with van der Waals surface area (Å²) in [5.41, 5.74) is 0. The summed E-state index contributed by atoms with van der Waals surface area (Å²) in [7, 11) is 0. The van der Waals surface area contributed by atoms with Gasteiger partial charge in [0.15, 0.2) is 0 Å². The molecule has 0 aromatic heterocycles. The van der Waals surface area contributed by atoms with Gasteiger partial charge in [-0.25, -0.2) is 0 Å². The Hall–Kier alpha value is -0.300. The molecule has 1 saturated heterocycles. The standard InChI is InChI=1S/C16H30O/c1-2-3-4-5-6-7-8-9-10-11-12-13-14-16-15-17-16/h4-5,16H,2-3,6-15H2,1H3. The van der Waals surface area contributed by atoms with Crippen LogP contribution >= 0.6 is 0 Å². The molecule has 1 rings (SSSR count). The Morgan fingerprint density at radius 1 is 0.882 bits per heavy atom. The van der Waals surface area contributed by atoms with Crippen LogP contribution in [0.5, 0.6) is 0 Å². The molecule has 1 unspecified atom stereocenters. The minimum absolute atomic E-state index is 0.643. The van der Waals surface area contributed by atoms with Crippen LogP contribution in [0.1, 0.15) is 77.6 Å². The average molecular weight is 238 g/mol. The van der Waals surface area contributed by atoms with Gasteiger partial charge in [-0.3, -0.25) is 0 Å². The third-order valence-electron chi connectivity index (χ3n) is 3.42. The van der Waals surface area contributed by atoms with Gasteiger partial charge in [-0.1, -0.05) is 64.0 Å². The Balaban J connectivity index is 1.66. The Labute approximate surface area is 108 Å². The lowest BCUT2D eigenvalue weighted by molar-refractivity contribution is 0.387. The molecule has 0 bridgehead atoms. The van der Waals surface area contributed by atoms with E-state index < -0.39 is 0 Å². The SMILES string of the molecule is CCCC=CCCCCCCCCCC1CO1. The number of unbranched alkanes of at least 4 members (excludes halogenated alkanes) is 8. The van der Waals surface area contributed by atoms with Gasteiger partial charge < -0.3 is 4.74 Å². The van der Waals surface area contributed by atoms with Crippen LogP contribution in [0.4, 0.5) is 0 Å². The molecule has 1 heteroatoms. The first-order chi connectivity index (χ1) is 8.43. The van der Waals surface area contributed by atoms with Crippen LogP contribution in [0.2, 0.25) is 0 Å². The number of ether oxygens (including phenoxy) is 1. The zero-order valence-corrected chi connectivity index (χ0v) is 11.6. The van der Waals surface area contributed by atoms with E-state index in [9.17, 15) is 0 Å². The van der Waals surface area contributed by atoms with Gasteiger partial charge in [-0.05, 0) is 25.7 Å². The fourth-order valence-corrected chi connectivity index (χ4v) is 2.16. The van der Waals surface area contributed by atoms with Crippen LogP contribution in [0.3, 0.4) is 0 Å². The van der Waals surface area contributed by atoms with E-state index >= 15 is 0 Å². The monoisotopic (exact) mass is 238 g/mol. The smallest absolute Gasteiger partial charge is 0.0810 e. The Kier molecular flexibility index (Phi) is 9.40. The topological polar surface area (TPSA) is 12.5 Å². The second kappa shape index (κ2) is 10.8. The van der Waals surface area contributed by atoms with Crippen molar-refractivity contribution < 1.29 is 4.74 Å². The van der Waals surface area contributed by atoms with Crippen molar-refractivity contribution in [3.8, 4) is 0 Å². The summed E-state index contributed by atoms with van der Waals surface area (Å²) in [6.07, 6.45) is 20.4. The molecule has 0 aliphatic carbocycles. The molecule has 1 fully saturated rings. The summed E-state index contributed by atoms with van der Waals surface area (Å²) < 4.78 is 5.20. The maximum atomic E-state index is 5.20. The largest absolute Gasteiger partial charge is 0.373 e. The number of allylic oxidation sites excluding steroid dienone is 2. The molecule has 0 aromatic carbocycles. The van der Waals surface area contributed by atoms with E-state index in [-0.39, 0.29) is 0 Å². The van der Waals surface area contributed by atoms with E-state index in [0.29, 0.717) is 6.10 Å². The molecule has 0 N–H and O–H groups in total. The fraction of sp³-hybridized carbons (Fsp3) is 0.875. The van der Waals surface area contributed by atoms with Crippen LogP contribution in [-0.2, 0) is 4.74 Å². The minimum atomic E-state index is 0.643. The molecule has 0 spiro atoms. The van der Waals surface area contributed by atoms with Crippen LogP contribution in [-0.4, -0.2) is 12.7 Å². The zero-order valence-electron chi connectivity index (χ0n) is 11.6. The summed E-state index contributed by atoms with van der Waals surface area (Å²) in [5, 5.41) is 0. The van der Waals surface area contributed by atoms with Crippen molar-refractivity contribution >= 4 is 0 Å². The van der Waals surface area contributed by atoms with E-state index in [0.717, 1.165) is 6.61 Å². The second-order valence-corrected chi connectivity index (χ2v) is 5.27. The van der Waals surface area contributed by atoms with Gasteiger partial charge in [0.1, 0.15) is 0 Å². The maximum absolute atomic E-state index is 5.20. The molecule has 0 radical (unpaired) electrons.